The second kappa shape index (κ2) is 7.25. The van der Waals surface area contributed by atoms with Crippen molar-refractivity contribution in [3.63, 3.8) is 0 Å². The minimum atomic E-state index is -0.432. The van der Waals surface area contributed by atoms with Crippen LogP contribution >= 0.6 is 22.9 Å². The van der Waals surface area contributed by atoms with Crippen LogP contribution in [0.4, 0.5) is 5.69 Å². The highest BCUT2D eigenvalue weighted by molar-refractivity contribution is 7.20. The summed E-state index contributed by atoms with van der Waals surface area (Å²) >= 11 is 7.27. The molecule has 0 radical (unpaired) electrons. The molecular formula is C17H16ClN3O3S. The summed E-state index contributed by atoms with van der Waals surface area (Å²) in [5, 5.41) is 4.15. The van der Waals surface area contributed by atoms with Gasteiger partial charge in [-0.2, -0.15) is 0 Å². The number of rotatable bonds is 5. The van der Waals surface area contributed by atoms with Gasteiger partial charge in [0.2, 0.25) is 0 Å². The van der Waals surface area contributed by atoms with Crippen molar-refractivity contribution in [2.24, 2.45) is 0 Å². The Balaban J connectivity index is 1.92. The van der Waals surface area contributed by atoms with E-state index in [1.54, 1.807) is 19.9 Å². The third kappa shape index (κ3) is 3.52. The van der Waals surface area contributed by atoms with Gasteiger partial charge in [0, 0.05) is 0 Å². The highest BCUT2D eigenvalue weighted by atomic mass is 35.5. The number of fused-ring (bicyclic) bond motifs is 1. The van der Waals surface area contributed by atoms with Crippen LogP contribution in [0.2, 0.25) is 5.02 Å². The molecule has 25 heavy (non-hydrogen) atoms. The number of carbonyl (C=O) groups is 1. The van der Waals surface area contributed by atoms with Gasteiger partial charge in [-0.1, -0.05) is 23.7 Å². The van der Waals surface area contributed by atoms with E-state index in [2.05, 4.69) is 15.3 Å². The van der Waals surface area contributed by atoms with Gasteiger partial charge >= 0.3 is 5.97 Å². The fourth-order valence-corrected chi connectivity index (χ4v) is 3.74. The summed E-state index contributed by atoms with van der Waals surface area (Å²) in [5.74, 6) is 0.0345. The van der Waals surface area contributed by atoms with Gasteiger partial charge in [0.25, 0.3) is 5.56 Å². The Morgan fingerprint density at radius 1 is 1.40 bits per heavy atom. The number of nitrogens with zero attached hydrogens (tertiary/aromatic N) is 1. The number of hydrogen-bond donors (Lipinski definition) is 2. The quantitative estimate of drug-likeness (QED) is 0.662. The maximum Gasteiger partial charge on any atom is 0.348 e. The summed E-state index contributed by atoms with van der Waals surface area (Å²) in [6.07, 6.45) is 0. The van der Waals surface area contributed by atoms with Gasteiger partial charge in [-0.25, -0.2) is 9.78 Å². The molecule has 0 amide bonds. The van der Waals surface area contributed by atoms with Gasteiger partial charge in [-0.05, 0) is 31.5 Å². The number of H-pyrrole nitrogens is 1. The lowest BCUT2D eigenvalue weighted by atomic mass is 10.2. The molecule has 0 aliphatic heterocycles. The Labute approximate surface area is 152 Å². The average molecular weight is 378 g/mol. The first kappa shape index (κ1) is 17.4. The third-order valence-corrected chi connectivity index (χ3v) is 5.13. The number of carbonyl (C=O) groups excluding carboxylic acids is 1. The molecule has 0 atom stereocenters. The molecule has 3 rings (SSSR count). The minimum absolute atomic E-state index is 0.273. The molecule has 0 saturated carbocycles. The molecule has 0 bridgehead atoms. The predicted octanol–water partition coefficient (Wildman–Crippen LogP) is 3.74. The molecule has 0 unspecified atom stereocenters. The number of halogens is 1. The third-order valence-electron chi connectivity index (χ3n) is 3.63. The Morgan fingerprint density at radius 2 is 2.16 bits per heavy atom. The Morgan fingerprint density at radius 3 is 2.88 bits per heavy atom. The van der Waals surface area contributed by atoms with E-state index < -0.39 is 5.97 Å². The topological polar surface area (TPSA) is 84.1 Å². The standard InChI is InChI=1S/C17H16ClN3O3S/c1-3-24-17(23)14-9(2)13-15(22)20-12(21-16(13)25-14)8-19-11-7-5-4-6-10(11)18/h4-7,19H,3,8H2,1-2H3,(H,20,21,22). The van der Waals surface area contributed by atoms with E-state index in [9.17, 15) is 9.59 Å². The van der Waals surface area contributed by atoms with E-state index in [0.29, 0.717) is 38.0 Å². The van der Waals surface area contributed by atoms with Gasteiger partial charge in [0.1, 0.15) is 15.5 Å². The molecule has 2 aromatic heterocycles. The molecule has 2 N–H and O–H groups in total. The summed E-state index contributed by atoms with van der Waals surface area (Å²) < 4.78 is 5.03. The van der Waals surface area contributed by atoms with Crippen molar-refractivity contribution in [2.45, 2.75) is 20.4 Å². The second-order valence-electron chi connectivity index (χ2n) is 5.30. The molecule has 2 heterocycles. The van der Waals surface area contributed by atoms with E-state index in [-0.39, 0.29) is 12.2 Å². The van der Waals surface area contributed by atoms with E-state index >= 15 is 0 Å². The molecule has 1 aromatic carbocycles. The first-order chi connectivity index (χ1) is 12.0. The van der Waals surface area contributed by atoms with Crippen LogP contribution in [0, 0.1) is 6.92 Å². The minimum Gasteiger partial charge on any atom is -0.462 e. The zero-order valence-corrected chi connectivity index (χ0v) is 15.3. The number of para-hydroxylation sites is 1. The summed E-state index contributed by atoms with van der Waals surface area (Å²) in [4.78, 5) is 32.5. The van der Waals surface area contributed by atoms with Crippen LogP contribution in [-0.4, -0.2) is 22.5 Å². The van der Waals surface area contributed by atoms with E-state index in [1.807, 2.05) is 18.2 Å². The lowest BCUT2D eigenvalue weighted by Crippen LogP contribution is -2.14. The van der Waals surface area contributed by atoms with Crippen molar-refractivity contribution in [1.29, 1.82) is 0 Å². The van der Waals surface area contributed by atoms with Crippen LogP contribution in [0.5, 0.6) is 0 Å². The molecule has 0 fully saturated rings. The van der Waals surface area contributed by atoms with Gasteiger partial charge in [-0.3, -0.25) is 4.79 Å². The second-order valence-corrected chi connectivity index (χ2v) is 6.71. The predicted molar refractivity (Wildman–Crippen MR) is 99.7 cm³/mol. The van der Waals surface area contributed by atoms with Crippen molar-refractivity contribution in [2.75, 3.05) is 11.9 Å². The number of esters is 1. The first-order valence-corrected chi connectivity index (χ1v) is 8.88. The van der Waals surface area contributed by atoms with E-state index in [1.165, 1.54) is 11.3 Å². The van der Waals surface area contributed by atoms with Crippen molar-refractivity contribution in [1.82, 2.24) is 9.97 Å². The van der Waals surface area contributed by atoms with Crippen LogP contribution in [0.1, 0.15) is 28.0 Å². The fourth-order valence-electron chi connectivity index (χ4n) is 2.45. The Bertz CT molecular complexity index is 996. The number of aryl methyl sites for hydroxylation is 1. The average Bonchev–Trinajstić information content (AvgIpc) is 2.92. The van der Waals surface area contributed by atoms with Gasteiger partial charge in [0.05, 0.1) is 29.2 Å². The van der Waals surface area contributed by atoms with Crippen molar-refractivity contribution in [3.05, 3.63) is 55.9 Å². The zero-order chi connectivity index (χ0) is 18.0. The number of aromatic amines is 1. The Hall–Kier alpha value is -2.38. The molecule has 0 spiro atoms. The number of nitrogens with one attached hydrogen (secondary N) is 2. The number of hydrogen-bond acceptors (Lipinski definition) is 6. The molecule has 0 saturated heterocycles. The summed E-state index contributed by atoms with van der Waals surface area (Å²) in [6, 6.07) is 7.32. The van der Waals surface area contributed by atoms with E-state index in [4.69, 9.17) is 16.3 Å². The van der Waals surface area contributed by atoms with Gasteiger partial charge in [-0.15, -0.1) is 11.3 Å². The highest BCUT2D eigenvalue weighted by Crippen LogP contribution is 2.28. The molecule has 8 heteroatoms. The molecule has 0 aliphatic rings. The van der Waals surface area contributed by atoms with Gasteiger partial charge < -0.3 is 15.0 Å². The molecule has 3 aromatic rings. The first-order valence-electron chi connectivity index (χ1n) is 7.69. The number of benzene rings is 1. The van der Waals surface area contributed by atoms with Crippen molar-refractivity contribution < 1.29 is 9.53 Å². The largest absolute Gasteiger partial charge is 0.462 e. The molecule has 130 valence electrons. The van der Waals surface area contributed by atoms with Crippen molar-refractivity contribution >= 4 is 44.8 Å². The zero-order valence-electron chi connectivity index (χ0n) is 13.7. The van der Waals surface area contributed by atoms with Crippen LogP contribution in [0.25, 0.3) is 10.2 Å². The van der Waals surface area contributed by atoms with Crippen LogP contribution < -0.4 is 10.9 Å². The highest BCUT2D eigenvalue weighted by Gasteiger charge is 2.20. The summed E-state index contributed by atoms with van der Waals surface area (Å²) in [5.41, 5.74) is 1.07. The molecular weight excluding hydrogens is 362 g/mol. The maximum atomic E-state index is 12.4. The number of ether oxygens (including phenoxy) is 1. The Kier molecular flexibility index (Phi) is 5.06. The summed E-state index contributed by atoms with van der Waals surface area (Å²) in [7, 11) is 0. The number of anilines is 1. The monoisotopic (exact) mass is 377 g/mol. The SMILES string of the molecule is CCOC(=O)c1sc2nc(CNc3ccccc3Cl)[nH]c(=O)c2c1C. The van der Waals surface area contributed by atoms with Crippen LogP contribution in [0.15, 0.2) is 29.1 Å². The normalized spacial score (nSPS) is 10.8. The number of thiophene rings is 1. The summed E-state index contributed by atoms with van der Waals surface area (Å²) in [6.45, 7) is 4.05. The smallest absolute Gasteiger partial charge is 0.348 e. The lowest BCUT2D eigenvalue weighted by molar-refractivity contribution is 0.0531. The fraction of sp³-hybridized carbons (Fsp3) is 0.235. The maximum absolute atomic E-state index is 12.4. The van der Waals surface area contributed by atoms with Crippen molar-refractivity contribution in [3.8, 4) is 0 Å². The van der Waals surface area contributed by atoms with Crippen LogP contribution in [-0.2, 0) is 11.3 Å². The molecule has 0 aliphatic carbocycles. The van der Waals surface area contributed by atoms with Crippen LogP contribution in [0.3, 0.4) is 0 Å². The van der Waals surface area contributed by atoms with Gasteiger partial charge in [0.15, 0.2) is 0 Å². The number of aromatic nitrogens is 2. The lowest BCUT2D eigenvalue weighted by Gasteiger charge is -2.07. The molecule has 6 nitrogen and oxygen atoms in total. The van der Waals surface area contributed by atoms with E-state index in [0.717, 1.165) is 5.69 Å².